The Morgan fingerprint density at radius 1 is 1.19 bits per heavy atom. The molecule has 1 aromatic carbocycles. The van der Waals surface area contributed by atoms with Gasteiger partial charge in [-0.1, -0.05) is 18.5 Å². The van der Waals surface area contributed by atoms with Gasteiger partial charge in [-0.15, -0.1) is 0 Å². The molecule has 2 fully saturated rings. The first-order chi connectivity index (χ1) is 15.0. The van der Waals surface area contributed by atoms with Gasteiger partial charge in [-0.25, -0.2) is 9.97 Å². The number of anilines is 2. The Bertz CT molecular complexity index is 1170. The van der Waals surface area contributed by atoms with Crippen LogP contribution in [0.25, 0.3) is 22.0 Å². The molecule has 2 N–H and O–H groups in total. The Balaban J connectivity index is 1.72. The lowest BCUT2D eigenvalue weighted by Crippen LogP contribution is -2.68. The Labute approximate surface area is 186 Å². The lowest BCUT2D eigenvalue weighted by Gasteiger charge is -2.55. The van der Waals surface area contributed by atoms with Crippen molar-refractivity contribution in [3.8, 4) is 22.8 Å². The third-order valence-electron chi connectivity index (χ3n) is 6.29. The molecule has 162 valence electrons. The summed E-state index contributed by atoms with van der Waals surface area (Å²) >= 11 is 6.80. The predicted molar refractivity (Wildman–Crippen MR) is 122 cm³/mol. The smallest absolute Gasteiger partial charge is 0.141 e. The van der Waals surface area contributed by atoms with Crippen LogP contribution in [-0.2, 0) is 11.2 Å². The number of hydrogen-bond donors (Lipinski definition) is 1. The second-order valence-electron chi connectivity index (χ2n) is 8.10. The number of rotatable bonds is 5. The van der Waals surface area contributed by atoms with Crippen LogP contribution in [0.2, 0.25) is 5.02 Å². The molecule has 0 amide bonds. The number of nitrogens with zero attached hydrogens (tertiary/aromatic N) is 3. The van der Waals surface area contributed by atoms with Gasteiger partial charge in [0.15, 0.2) is 0 Å². The van der Waals surface area contributed by atoms with Crippen LogP contribution >= 0.6 is 11.6 Å². The number of methoxy groups -OCH3 is 2. The van der Waals surface area contributed by atoms with Crippen molar-refractivity contribution in [3.05, 3.63) is 35.0 Å². The van der Waals surface area contributed by atoms with Crippen molar-refractivity contribution in [2.45, 2.75) is 25.4 Å². The number of pyridine rings is 2. The van der Waals surface area contributed by atoms with E-state index in [2.05, 4.69) is 16.8 Å². The molecule has 4 heterocycles. The van der Waals surface area contributed by atoms with E-state index in [0.29, 0.717) is 16.6 Å². The van der Waals surface area contributed by atoms with Gasteiger partial charge < -0.3 is 24.8 Å². The molecule has 2 saturated heterocycles. The minimum absolute atomic E-state index is 0.0198. The molecule has 2 aliphatic heterocycles. The number of halogens is 1. The van der Waals surface area contributed by atoms with E-state index >= 15 is 0 Å². The molecule has 5 rings (SSSR count). The highest BCUT2D eigenvalue weighted by atomic mass is 35.5. The summed E-state index contributed by atoms with van der Waals surface area (Å²) in [6, 6.07) is 5.70. The number of nitrogen functional groups attached to an aromatic ring is 1. The number of nitrogens with two attached hydrogens (primary N) is 1. The quantitative estimate of drug-likeness (QED) is 0.639. The monoisotopic (exact) mass is 440 g/mol. The highest BCUT2D eigenvalue weighted by Crippen LogP contribution is 2.46. The van der Waals surface area contributed by atoms with Gasteiger partial charge >= 0.3 is 0 Å². The second-order valence-corrected chi connectivity index (χ2v) is 8.48. The van der Waals surface area contributed by atoms with Gasteiger partial charge in [0.25, 0.3) is 0 Å². The first kappa shape index (κ1) is 20.2. The minimum atomic E-state index is -0.0198. The van der Waals surface area contributed by atoms with Crippen LogP contribution in [0, 0.1) is 0 Å². The first-order valence-corrected chi connectivity index (χ1v) is 10.8. The molecule has 7 nitrogen and oxygen atoms in total. The van der Waals surface area contributed by atoms with E-state index in [1.54, 1.807) is 20.4 Å². The second kappa shape index (κ2) is 7.43. The molecule has 0 aliphatic carbocycles. The summed E-state index contributed by atoms with van der Waals surface area (Å²) in [5, 5.41) is 2.43. The molecular weight excluding hydrogens is 416 g/mol. The highest BCUT2D eigenvalue weighted by molar-refractivity contribution is 6.35. The van der Waals surface area contributed by atoms with Crippen molar-refractivity contribution >= 4 is 34.0 Å². The molecule has 1 spiro atoms. The topological polar surface area (TPSA) is 82.7 Å². The zero-order valence-electron chi connectivity index (χ0n) is 17.9. The van der Waals surface area contributed by atoms with E-state index in [4.69, 9.17) is 36.5 Å². The van der Waals surface area contributed by atoms with E-state index in [-0.39, 0.29) is 5.60 Å². The maximum atomic E-state index is 6.80. The zero-order valence-corrected chi connectivity index (χ0v) is 18.6. The first-order valence-electron chi connectivity index (χ1n) is 10.4. The largest absolute Gasteiger partial charge is 0.496 e. The zero-order chi connectivity index (χ0) is 21.8. The third kappa shape index (κ3) is 3.15. The van der Waals surface area contributed by atoms with Crippen LogP contribution in [0.15, 0.2) is 24.4 Å². The number of aromatic nitrogens is 2. The van der Waals surface area contributed by atoms with Gasteiger partial charge in [0, 0.05) is 40.6 Å². The van der Waals surface area contributed by atoms with Crippen LogP contribution < -0.4 is 20.1 Å². The van der Waals surface area contributed by atoms with E-state index in [1.165, 1.54) is 0 Å². The van der Waals surface area contributed by atoms with Crippen molar-refractivity contribution in [2.24, 2.45) is 0 Å². The maximum absolute atomic E-state index is 6.80. The Kier molecular flexibility index (Phi) is 4.83. The standard InChI is InChI=1S/C23H25ClN4O3/c1-4-14-17(29-2)9-18(30-3)21(24)20(14)16-7-13-10-26-19(25)8-15(13)22(27-16)28-11-23(12-28)5-6-31-23/h7-10H,4-6,11-12H2,1-3H3,(H2,25,26). The fourth-order valence-electron chi connectivity index (χ4n) is 4.55. The predicted octanol–water partition coefficient (Wildman–Crippen LogP) is 4.09. The summed E-state index contributed by atoms with van der Waals surface area (Å²) in [6.45, 7) is 4.53. The summed E-state index contributed by atoms with van der Waals surface area (Å²) in [5.74, 6) is 2.61. The van der Waals surface area contributed by atoms with Gasteiger partial charge in [0.05, 0.1) is 44.6 Å². The number of benzene rings is 1. The third-order valence-corrected chi connectivity index (χ3v) is 6.66. The lowest BCUT2D eigenvalue weighted by atomic mass is 9.86. The molecule has 0 bridgehead atoms. The van der Waals surface area contributed by atoms with Crippen LogP contribution in [0.3, 0.4) is 0 Å². The number of hydrogen-bond acceptors (Lipinski definition) is 7. The van der Waals surface area contributed by atoms with Gasteiger partial charge in [-0.2, -0.15) is 0 Å². The van der Waals surface area contributed by atoms with E-state index < -0.39 is 0 Å². The highest BCUT2D eigenvalue weighted by Gasteiger charge is 2.50. The maximum Gasteiger partial charge on any atom is 0.141 e. The van der Waals surface area contributed by atoms with Crippen molar-refractivity contribution in [1.29, 1.82) is 0 Å². The van der Waals surface area contributed by atoms with Crippen LogP contribution in [0.5, 0.6) is 11.5 Å². The van der Waals surface area contributed by atoms with Gasteiger partial charge in [0.1, 0.15) is 28.7 Å². The normalized spacial score (nSPS) is 16.8. The van der Waals surface area contributed by atoms with Gasteiger partial charge in [-0.05, 0) is 18.6 Å². The average molecular weight is 441 g/mol. The molecule has 0 radical (unpaired) electrons. The summed E-state index contributed by atoms with van der Waals surface area (Å²) in [4.78, 5) is 11.6. The number of ether oxygens (including phenoxy) is 3. The van der Waals surface area contributed by atoms with Crippen molar-refractivity contribution < 1.29 is 14.2 Å². The Morgan fingerprint density at radius 2 is 1.94 bits per heavy atom. The van der Waals surface area contributed by atoms with Crippen LogP contribution in [0.4, 0.5) is 11.6 Å². The fraction of sp³-hybridized carbons (Fsp3) is 0.391. The Morgan fingerprint density at radius 3 is 2.55 bits per heavy atom. The molecule has 0 saturated carbocycles. The van der Waals surface area contributed by atoms with Gasteiger partial charge in [0.2, 0.25) is 0 Å². The number of fused-ring (bicyclic) bond motifs is 1. The minimum Gasteiger partial charge on any atom is -0.496 e. The molecule has 8 heteroatoms. The summed E-state index contributed by atoms with van der Waals surface area (Å²) in [5.41, 5.74) is 8.53. The fourth-order valence-corrected chi connectivity index (χ4v) is 4.89. The lowest BCUT2D eigenvalue weighted by molar-refractivity contribution is -0.161. The van der Waals surface area contributed by atoms with Gasteiger partial charge in [-0.3, -0.25) is 0 Å². The van der Waals surface area contributed by atoms with Crippen molar-refractivity contribution in [3.63, 3.8) is 0 Å². The SMILES string of the molecule is CCc1c(OC)cc(OC)c(Cl)c1-c1cc2cnc(N)cc2c(N2CC3(CCO3)C2)n1. The molecular formula is C23H25ClN4O3. The van der Waals surface area contributed by atoms with Crippen LogP contribution in [-0.4, -0.2) is 49.5 Å². The molecule has 31 heavy (non-hydrogen) atoms. The van der Waals surface area contributed by atoms with Crippen LogP contribution in [0.1, 0.15) is 18.9 Å². The van der Waals surface area contributed by atoms with E-state index in [1.807, 2.05) is 18.2 Å². The molecule has 0 unspecified atom stereocenters. The summed E-state index contributed by atoms with van der Waals surface area (Å²) < 4.78 is 17.0. The average Bonchev–Trinajstić information content (AvgIpc) is 2.71. The molecule has 0 atom stereocenters. The summed E-state index contributed by atoms with van der Waals surface area (Å²) in [6.07, 6.45) is 3.60. The van der Waals surface area contributed by atoms with Crippen molar-refractivity contribution in [2.75, 3.05) is 44.5 Å². The molecule has 2 aromatic heterocycles. The van der Waals surface area contributed by atoms with Crippen molar-refractivity contribution in [1.82, 2.24) is 9.97 Å². The molecule has 2 aliphatic rings. The molecule has 3 aromatic rings. The Hall–Kier alpha value is -2.77. The summed E-state index contributed by atoms with van der Waals surface area (Å²) in [7, 11) is 3.25. The van der Waals surface area contributed by atoms with E-state index in [9.17, 15) is 0 Å². The van der Waals surface area contributed by atoms with E-state index in [0.717, 1.165) is 71.7 Å².